The first-order valence-electron chi connectivity index (χ1n) is 12.5. The van der Waals surface area contributed by atoms with Crippen molar-refractivity contribution in [1.29, 1.82) is 0 Å². The number of aliphatic carboxylic acids is 1. The Morgan fingerprint density at radius 3 is 2.14 bits per heavy atom. The average Bonchev–Trinajstić information content (AvgIpc) is 3.42. The molecule has 0 unspecified atom stereocenters. The summed E-state index contributed by atoms with van der Waals surface area (Å²) < 4.78 is 5.74. The van der Waals surface area contributed by atoms with Gasteiger partial charge in [-0.05, 0) is 54.9 Å². The van der Waals surface area contributed by atoms with Gasteiger partial charge in [0.05, 0.1) is 0 Å². The maximum absolute atomic E-state index is 13.8. The molecule has 1 saturated heterocycles. The number of benzene rings is 2. The van der Waals surface area contributed by atoms with Gasteiger partial charge in [0.25, 0.3) is 0 Å². The lowest BCUT2D eigenvalue weighted by atomic mass is 9.79. The Morgan fingerprint density at radius 2 is 1.54 bits per heavy atom. The van der Waals surface area contributed by atoms with Crippen LogP contribution in [0.15, 0.2) is 48.5 Å². The molecule has 2 fully saturated rings. The fraction of sp³-hybridized carbons (Fsp3) is 0.464. The van der Waals surface area contributed by atoms with E-state index in [0.29, 0.717) is 32.2 Å². The summed E-state index contributed by atoms with van der Waals surface area (Å²) in [6.07, 6.45) is 3.98. The average molecular weight is 477 g/mol. The second kappa shape index (κ2) is 9.02. The Kier molecular flexibility index (Phi) is 6.03. The third-order valence-electron chi connectivity index (χ3n) is 8.15. The second-order valence-corrected chi connectivity index (χ2v) is 10.2. The molecule has 0 aromatic heterocycles. The molecule has 2 amide bonds. The van der Waals surface area contributed by atoms with Crippen LogP contribution in [-0.2, 0) is 14.3 Å². The Hall–Kier alpha value is -3.35. The number of alkyl carbamates (subject to hydrolysis) is 1. The van der Waals surface area contributed by atoms with Gasteiger partial charge in [0.2, 0.25) is 5.91 Å². The molecule has 184 valence electrons. The highest BCUT2D eigenvalue weighted by molar-refractivity contribution is 5.94. The van der Waals surface area contributed by atoms with Crippen LogP contribution in [0.4, 0.5) is 4.79 Å². The smallest absolute Gasteiger partial charge is 0.408 e. The molecular weight excluding hydrogens is 444 g/mol. The van der Waals surface area contributed by atoms with Gasteiger partial charge in [-0.2, -0.15) is 0 Å². The lowest BCUT2D eigenvalue weighted by Gasteiger charge is -2.42. The zero-order valence-corrected chi connectivity index (χ0v) is 20.1. The SMILES string of the molecule is C[C@]1(C(=O)O)CCCN1C(=O)C1(NC(=O)OCC2c3ccccc3-c3ccccc32)CCCCC1. The fourth-order valence-corrected chi connectivity index (χ4v) is 6.15. The minimum Gasteiger partial charge on any atom is -0.480 e. The van der Waals surface area contributed by atoms with Crippen LogP contribution in [0.3, 0.4) is 0 Å². The Balaban J connectivity index is 1.33. The summed E-state index contributed by atoms with van der Waals surface area (Å²) in [6, 6.07) is 16.3. The van der Waals surface area contributed by atoms with Crippen molar-refractivity contribution in [2.45, 2.75) is 68.9 Å². The number of amides is 2. The Labute approximate surface area is 205 Å². The van der Waals surface area contributed by atoms with Crippen molar-refractivity contribution in [3.8, 4) is 11.1 Å². The molecule has 2 aliphatic carbocycles. The van der Waals surface area contributed by atoms with Gasteiger partial charge in [-0.1, -0.05) is 67.8 Å². The number of carboxylic acid groups (broad SMARTS) is 1. The number of carbonyl (C=O) groups is 3. The van der Waals surface area contributed by atoms with Gasteiger partial charge in [0.1, 0.15) is 17.7 Å². The molecule has 1 saturated carbocycles. The van der Waals surface area contributed by atoms with E-state index >= 15 is 0 Å². The van der Waals surface area contributed by atoms with E-state index in [2.05, 4.69) is 29.6 Å². The van der Waals surface area contributed by atoms with Gasteiger partial charge in [0.15, 0.2) is 0 Å². The molecule has 35 heavy (non-hydrogen) atoms. The van der Waals surface area contributed by atoms with Crippen LogP contribution in [0.5, 0.6) is 0 Å². The maximum Gasteiger partial charge on any atom is 0.408 e. The van der Waals surface area contributed by atoms with Crippen LogP contribution in [0.25, 0.3) is 11.1 Å². The number of likely N-dealkylation sites (tertiary alicyclic amines) is 1. The maximum atomic E-state index is 13.8. The molecule has 1 atom stereocenters. The zero-order chi connectivity index (χ0) is 24.6. The van der Waals surface area contributed by atoms with Crippen LogP contribution in [0, 0.1) is 0 Å². The fourth-order valence-electron chi connectivity index (χ4n) is 6.15. The number of carbonyl (C=O) groups excluding carboxylic acids is 2. The number of ether oxygens (including phenoxy) is 1. The number of fused-ring (bicyclic) bond motifs is 3. The topological polar surface area (TPSA) is 95.9 Å². The van der Waals surface area contributed by atoms with Crippen molar-refractivity contribution in [2.24, 2.45) is 0 Å². The summed E-state index contributed by atoms with van der Waals surface area (Å²) in [4.78, 5) is 40.3. The molecule has 3 aliphatic rings. The molecule has 2 N–H and O–H groups in total. The third kappa shape index (κ3) is 3.97. The summed E-state index contributed by atoms with van der Waals surface area (Å²) >= 11 is 0. The van der Waals surface area contributed by atoms with E-state index < -0.39 is 23.1 Å². The van der Waals surface area contributed by atoms with Gasteiger partial charge in [-0.3, -0.25) is 4.79 Å². The molecule has 2 aromatic carbocycles. The normalized spacial score (nSPS) is 22.8. The number of hydrogen-bond acceptors (Lipinski definition) is 4. The number of rotatable bonds is 5. The summed E-state index contributed by atoms with van der Waals surface area (Å²) in [6.45, 7) is 2.15. The van der Waals surface area contributed by atoms with Crippen LogP contribution < -0.4 is 5.32 Å². The van der Waals surface area contributed by atoms with Gasteiger partial charge in [-0.15, -0.1) is 0 Å². The summed E-state index contributed by atoms with van der Waals surface area (Å²) in [5, 5.41) is 12.7. The second-order valence-electron chi connectivity index (χ2n) is 10.2. The Morgan fingerprint density at radius 1 is 0.943 bits per heavy atom. The first-order chi connectivity index (χ1) is 16.9. The quantitative estimate of drug-likeness (QED) is 0.653. The number of nitrogens with one attached hydrogen (secondary N) is 1. The highest BCUT2D eigenvalue weighted by atomic mass is 16.5. The minimum atomic E-state index is -1.25. The van der Waals surface area contributed by atoms with Gasteiger partial charge in [0, 0.05) is 12.5 Å². The molecule has 7 nitrogen and oxygen atoms in total. The molecule has 7 heteroatoms. The van der Waals surface area contributed by atoms with E-state index in [1.165, 1.54) is 4.90 Å². The Bertz CT molecular complexity index is 1110. The number of hydrogen-bond donors (Lipinski definition) is 2. The van der Waals surface area contributed by atoms with Crippen molar-refractivity contribution in [2.75, 3.05) is 13.2 Å². The molecule has 0 spiro atoms. The largest absolute Gasteiger partial charge is 0.480 e. The molecule has 0 bridgehead atoms. The van der Waals surface area contributed by atoms with E-state index in [1.54, 1.807) is 6.92 Å². The molecule has 1 aliphatic heterocycles. The third-order valence-corrected chi connectivity index (χ3v) is 8.15. The summed E-state index contributed by atoms with van der Waals surface area (Å²) in [5.41, 5.74) is 2.18. The van der Waals surface area contributed by atoms with E-state index in [4.69, 9.17) is 4.74 Å². The molecule has 0 radical (unpaired) electrons. The van der Waals surface area contributed by atoms with Crippen molar-refractivity contribution in [3.05, 3.63) is 59.7 Å². The van der Waals surface area contributed by atoms with Gasteiger partial charge in [-0.25, -0.2) is 9.59 Å². The van der Waals surface area contributed by atoms with Crippen LogP contribution in [0.2, 0.25) is 0 Å². The van der Waals surface area contributed by atoms with Gasteiger partial charge >= 0.3 is 12.1 Å². The van der Waals surface area contributed by atoms with E-state index in [1.807, 2.05) is 24.3 Å². The van der Waals surface area contributed by atoms with Crippen molar-refractivity contribution in [1.82, 2.24) is 10.2 Å². The number of nitrogens with zero attached hydrogens (tertiary/aromatic N) is 1. The van der Waals surface area contributed by atoms with Crippen LogP contribution in [-0.4, -0.2) is 52.2 Å². The predicted molar refractivity (Wildman–Crippen MR) is 131 cm³/mol. The standard InChI is InChI=1S/C28H32N2O5/c1-27(25(32)33)14-9-17-30(27)24(31)28(15-7-2-8-16-28)29-26(34)35-18-23-21-12-5-3-10-19(21)20-11-4-6-13-22(20)23/h3-6,10-13,23H,2,7-9,14-18H2,1H3,(H,29,34)(H,32,33)/t27-/m1/s1. The lowest BCUT2D eigenvalue weighted by Crippen LogP contribution is -2.64. The highest BCUT2D eigenvalue weighted by Crippen LogP contribution is 2.44. The van der Waals surface area contributed by atoms with E-state index in [9.17, 15) is 19.5 Å². The van der Waals surface area contributed by atoms with Crippen molar-refractivity contribution in [3.63, 3.8) is 0 Å². The van der Waals surface area contributed by atoms with E-state index in [0.717, 1.165) is 41.5 Å². The number of carboxylic acids is 1. The van der Waals surface area contributed by atoms with Gasteiger partial charge < -0.3 is 20.1 Å². The molecule has 1 heterocycles. The van der Waals surface area contributed by atoms with Crippen molar-refractivity contribution < 1.29 is 24.2 Å². The monoisotopic (exact) mass is 476 g/mol. The van der Waals surface area contributed by atoms with Crippen LogP contribution >= 0.6 is 0 Å². The summed E-state index contributed by atoms with van der Waals surface area (Å²) in [5.74, 6) is -1.37. The molecule has 5 rings (SSSR count). The highest BCUT2D eigenvalue weighted by Gasteiger charge is 2.53. The minimum absolute atomic E-state index is 0.0694. The summed E-state index contributed by atoms with van der Waals surface area (Å²) in [7, 11) is 0. The predicted octanol–water partition coefficient (Wildman–Crippen LogP) is 4.69. The lowest BCUT2D eigenvalue weighted by molar-refractivity contribution is -0.158. The van der Waals surface area contributed by atoms with Crippen molar-refractivity contribution >= 4 is 18.0 Å². The molecular formula is C28H32N2O5. The van der Waals surface area contributed by atoms with Crippen LogP contribution in [0.1, 0.15) is 68.9 Å². The zero-order valence-electron chi connectivity index (χ0n) is 20.1. The first kappa shape index (κ1) is 23.4. The molecule has 2 aromatic rings. The van der Waals surface area contributed by atoms with E-state index in [-0.39, 0.29) is 18.4 Å². The first-order valence-corrected chi connectivity index (χ1v) is 12.5.